The first-order valence-corrected chi connectivity index (χ1v) is 14.1. The molecule has 2 fully saturated rings. The zero-order valence-electron chi connectivity index (χ0n) is 20.6. The van der Waals surface area contributed by atoms with Crippen LogP contribution in [0, 0.1) is 18.3 Å². The summed E-state index contributed by atoms with van der Waals surface area (Å²) in [4.78, 5) is 22.2. The second-order valence-electron chi connectivity index (χ2n) is 10.8. The number of carbonyl (C=O) groups is 1. The van der Waals surface area contributed by atoms with Crippen molar-refractivity contribution in [2.75, 3.05) is 39.3 Å². The Morgan fingerprint density at radius 1 is 1.15 bits per heavy atom. The van der Waals surface area contributed by atoms with Crippen LogP contribution in [0.4, 0.5) is 0 Å². The molecule has 0 unspecified atom stereocenters. The molecule has 1 aromatic carbocycles. The first-order valence-electron chi connectivity index (χ1n) is 13.2. The van der Waals surface area contributed by atoms with Crippen LogP contribution in [-0.2, 0) is 17.6 Å². The Labute approximate surface area is 208 Å². The smallest absolute Gasteiger partial charge is 0.228 e. The quantitative estimate of drug-likeness (QED) is 0.608. The van der Waals surface area contributed by atoms with Crippen molar-refractivity contribution in [1.82, 2.24) is 14.8 Å². The van der Waals surface area contributed by atoms with E-state index in [9.17, 15) is 4.79 Å². The first kappa shape index (κ1) is 23.8. The number of ether oxygens (including phenoxy) is 1. The molecule has 1 aliphatic carbocycles. The number of para-hydroxylation sites is 1. The van der Waals surface area contributed by atoms with Gasteiger partial charge in [0.05, 0.1) is 17.1 Å². The number of aromatic nitrogens is 1. The van der Waals surface area contributed by atoms with Crippen molar-refractivity contribution in [3.63, 3.8) is 0 Å². The minimum Gasteiger partial charge on any atom is -0.492 e. The normalized spacial score (nSPS) is 21.9. The standard InChI is InChI=1S/C28H39N3O2S/c1-22-29-25(20-34-22)18-27(32)31-14-12-28(13-15-31)11-5-4-7-24-6-2-3-8-26(24)33-17-16-30(21-28)19-23-9-10-23/h2-3,6,8,20,23H,4-5,7,9-19,21H2,1H3. The van der Waals surface area contributed by atoms with Crippen LogP contribution >= 0.6 is 11.3 Å². The summed E-state index contributed by atoms with van der Waals surface area (Å²) in [6, 6.07) is 8.58. The fraction of sp³-hybridized carbons (Fsp3) is 0.643. The van der Waals surface area contributed by atoms with Gasteiger partial charge < -0.3 is 9.64 Å². The van der Waals surface area contributed by atoms with Crippen molar-refractivity contribution < 1.29 is 9.53 Å². The summed E-state index contributed by atoms with van der Waals surface area (Å²) in [7, 11) is 0. The third-order valence-electron chi connectivity index (χ3n) is 7.99. The number of benzene rings is 1. The summed E-state index contributed by atoms with van der Waals surface area (Å²) in [5.74, 6) is 2.19. The van der Waals surface area contributed by atoms with Gasteiger partial charge in [-0.3, -0.25) is 9.69 Å². The number of nitrogens with zero attached hydrogens (tertiary/aromatic N) is 3. The molecule has 0 N–H and O–H groups in total. The Morgan fingerprint density at radius 3 is 2.74 bits per heavy atom. The van der Waals surface area contributed by atoms with E-state index in [4.69, 9.17) is 4.74 Å². The zero-order valence-corrected chi connectivity index (χ0v) is 21.5. The fourth-order valence-corrected chi connectivity index (χ4v) is 6.41. The average molecular weight is 482 g/mol. The Bertz CT molecular complexity index is 962. The number of hydrogen-bond donors (Lipinski definition) is 0. The maximum atomic E-state index is 13.0. The van der Waals surface area contributed by atoms with Crippen molar-refractivity contribution >= 4 is 17.2 Å². The van der Waals surface area contributed by atoms with Crippen LogP contribution in [0.2, 0.25) is 0 Å². The van der Waals surface area contributed by atoms with Crippen LogP contribution in [0.3, 0.4) is 0 Å². The first-order chi connectivity index (χ1) is 16.6. The van der Waals surface area contributed by atoms with Crippen LogP contribution in [0.25, 0.3) is 0 Å². The second-order valence-corrected chi connectivity index (χ2v) is 11.8. The molecule has 1 amide bonds. The molecule has 3 aliphatic rings. The van der Waals surface area contributed by atoms with Gasteiger partial charge in [0.2, 0.25) is 5.91 Å². The molecule has 1 saturated carbocycles. The highest BCUT2D eigenvalue weighted by molar-refractivity contribution is 7.09. The van der Waals surface area contributed by atoms with Gasteiger partial charge in [-0.25, -0.2) is 4.98 Å². The lowest BCUT2D eigenvalue weighted by molar-refractivity contribution is -0.133. The van der Waals surface area contributed by atoms with Crippen LogP contribution in [0.15, 0.2) is 29.6 Å². The molecule has 184 valence electrons. The number of piperidine rings is 1. The highest BCUT2D eigenvalue weighted by atomic mass is 32.1. The molecule has 2 aliphatic heterocycles. The molecular weight excluding hydrogens is 442 g/mol. The minimum absolute atomic E-state index is 0.244. The number of hydrogen-bond acceptors (Lipinski definition) is 5. The number of amides is 1. The maximum Gasteiger partial charge on any atom is 0.228 e. The molecule has 2 aromatic rings. The van der Waals surface area contributed by atoms with E-state index < -0.39 is 0 Å². The summed E-state index contributed by atoms with van der Waals surface area (Å²) >= 11 is 1.63. The maximum absolute atomic E-state index is 13.0. The monoisotopic (exact) mass is 481 g/mol. The summed E-state index contributed by atoms with van der Waals surface area (Å²) in [5.41, 5.74) is 2.60. The topological polar surface area (TPSA) is 45.7 Å². The third kappa shape index (κ3) is 6.19. The van der Waals surface area contributed by atoms with Crippen molar-refractivity contribution in [1.29, 1.82) is 0 Å². The van der Waals surface area contributed by atoms with Gasteiger partial charge in [-0.1, -0.05) is 24.6 Å². The van der Waals surface area contributed by atoms with E-state index in [0.717, 1.165) is 74.4 Å². The number of carbonyl (C=O) groups excluding carboxylic acids is 1. The molecule has 1 saturated heterocycles. The van der Waals surface area contributed by atoms with Gasteiger partial charge in [-0.2, -0.15) is 0 Å². The van der Waals surface area contributed by atoms with Crippen LogP contribution in [0.5, 0.6) is 5.75 Å². The molecule has 1 aromatic heterocycles. The highest BCUT2D eigenvalue weighted by Gasteiger charge is 2.38. The number of thiazole rings is 1. The lowest BCUT2D eigenvalue weighted by Crippen LogP contribution is -2.49. The Morgan fingerprint density at radius 2 is 1.97 bits per heavy atom. The molecule has 0 atom stereocenters. The van der Waals surface area contributed by atoms with E-state index >= 15 is 0 Å². The Kier molecular flexibility index (Phi) is 7.55. The van der Waals surface area contributed by atoms with Gasteiger partial charge in [0.15, 0.2) is 0 Å². The third-order valence-corrected chi connectivity index (χ3v) is 8.81. The van der Waals surface area contributed by atoms with Crippen LogP contribution in [-0.4, -0.2) is 60.0 Å². The second kappa shape index (κ2) is 10.8. The Hall–Kier alpha value is -1.92. The highest BCUT2D eigenvalue weighted by Crippen LogP contribution is 2.40. The number of rotatable bonds is 4. The molecule has 34 heavy (non-hydrogen) atoms. The van der Waals surface area contributed by atoms with E-state index in [0.29, 0.717) is 11.8 Å². The molecule has 6 heteroatoms. The Balaban J connectivity index is 1.24. The number of aryl methyl sites for hydroxylation is 2. The SMILES string of the molecule is Cc1nc(CC(=O)N2CCC3(CCCCc4ccccc4OCCN(CC4CC4)C3)CC2)cs1. The molecule has 0 radical (unpaired) electrons. The molecule has 3 heterocycles. The van der Waals surface area contributed by atoms with E-state index in [-0.39, 0.29) is 5.91 Å². The molecule has 0 bridgehead atoms. The largest absolute Gasteiger partial charge is 0.492 e. The minimum atomic E-state index is 0.244. The van der Waals surface area contributed by atoms with Crippen molar-refractivity contribution in [3.8, 4) is 5.75 Å². The van der Waals surface area contributed by atoms with Crippen molar-refractivity contribution in [3.05, 3.63) is 45.9 Å². The predicted molar refractivity (Wildman–Crippen MR) is 137 cm³/mol. The van der Waals surface area contributed by atoms with Crippen molar-refractivity contribution in [2.24, 2.45) is 11.3 Å². The van der Waals surface area contributed by atoms with Crippen LogP contribution in [0.1, 0.15) is 61.2 Å². The van der Waals surface area contributed by atoms with Gasteiger partial charge in [0.1, 0.15) is 12.4 Å². The summed E-state index contributed by atoms with van der Waals surface area (Å²) in [5, 5.41) is 3.07. The van der Waals surface area contributed by atoms with E-state index in [2.05, 4.69) is 39.0 Å². The zero-order chi connectivity index (χ0) is 23.4. The summed E-state index contributed by atoms with van der Waals surface area (Å²) < 4.78 is 6.28. The number of fused-ring (bicyclic) bond motifs is 1. The van der Waals surface area contributed by atoms with Gasteiger partial charge in [0.25, 0.3) is 0 Å². The predicted octanol–water partition coefficient (Wildman–Crippen LogP) is 5.12. The van der Waals surface area contributed by atoms with Gasteiger partial charge in [-0.05, 0) is 74.8 Å². The summed E-state index contributed by atoms with van der Waals surface area (Å²) in [6.45, 7) is 7.90. The molecule has 5 rings (SSSR count). The lowest BCUT2D eigenvalue weighted by Gasteiger charge is -2.45. The van der Waals surface area contributed by atoms with Gasteiger partial charge >= 0.3 is 0 Å². The van der Waals surface area contributed by atoms with Crippen LogP contribution < -0.4 is 4.74 Å². The molecular formula is C28H39N3O2S. The van der Waals surface area contributed by atoms with E-state index in [1.165, 1.54) is 44.2 Å². The number of likely N-dealkylation sites (tertiary alicyclic amines) is 1. The van der Waals surface area contributed by atoms with Crippen molar-refractivity contribution in [2.45, 2.75) is 64.7 Å². The van der Waals surface area contributed by atoms with Gasteiger partial charge in [-0.15, -0.1) is 11.3 Å². The van der Waals surface area contributed by atoms with E-state index in [1.807, 2.05) is 12.3 Å². The lowest BCUT2D eigenvalue weighted by atomic mass is 9.73. The molecule has 1 spiro atoms. The molecule has 5 nitrogen and oxygen atoms in total. The average Bonchev–Trinajstić information content (AvgIpc) is 3.56. The van der Waals surface area contributed by atoms with Gasteiger partial charge in [0, 0.05) is 38.1 Å². The van der Waals surface area contributed by atoms with E-state index in [1.54, 1.807) is 11.3 Å². The fourth-order valence-electron chi connectivity index (χ4n) is 5.80. The summed E-state index contributed by atoms with van der Waals surface area (Å²) in [6.07, 6.45) is 10.3.